The Labute approximate surface area is 96.7 Å². The van der Waals surface area contributed by atoms with Gasteiger partial charge in [0.1, 0.15) is 0 Å². The Hall–Kier alpha value is 0.720. The first-order valence-corrected chi connectivity index (χ1v) is 4.84. The zero-order valence-electron chi connectivity index (χ0n) is 6.57. The van der Waals surface area contributed by atoms with Crippen LogP contribution in [0.15, 0.2) is 34.1 Å². The van der Waals surface area contributed by atoms with E-state index in [1.54, 1.807) is 6.26 Å². The zero-order chi connectivity index (χ0) is 7.56. The van der Waals surface area contributed by atoms with Crippen LogP contribution in [0.25, 0.3) is 0 Å². The molecular weight excluding hydrogens is 187 g/mol. The third-order valence-electron chi connectivity index (χ3n) is 1.17. The number of hydrogen-bond donors (Lipinski definition) is 1. The van der Waals surface area contributed by atoms with Crippen molar-refractivity contribution in [2.45, 2.75) is 9.79 Å². The summed E-state index contributed by atoms with van der Waals surface area (Å²) in [5, 5.41) is 0. The molecule has 0 N–H and O–H groups in total. The van der Waals surface area contributed by atoms with Crippen LogP contribution in [0, 0.1) is 0 Å². The molecule has 0 heterocycles. The standard InChI is InChI=1S/C7H8OS2.Na/c1-10(8)7-5-3-2-4-6(7)9;/h2-5,9H,1H3;. The Morgan fingerprint density at radius 2 is 1.91 bits per heavy atom. The third kappa shape index (κ3) is 3.30. The van der Waals surface area contributed by atoms with Crippen molar-refractivity contribution in [3.63, 3.8) is 0 Å². The Bertz CT molecular complexity index is 262. The molecule has 1 rings (SSSR count). The molecule has 0 bridgehead atoms. The average molecular weight is 195 g/mol. The maximum absolute atomic E-state index is 10.9. The van der Waals surface area contributed by atoms with Crippen molar-refractivity contribution in [1.29, 1.82) is 0 Å². The van der Waals surface area contributed by atoms with E-state index >= 15 is 0 Å². The number of hydrogen-bond acceptors (Lipinski definition) is 2. The molecule has 1 aromatic carbocycles. The molecule has 4 heteroatoms. The van der Waals surface area contributed by atoms with Crippen molar-refractivity contribution >= 4 is 53.0 Å². The SMILES string of the molecule is CS(=O)c1ccccc1S.[Na]. The Morgan fingerprint density at radius 3 is 2.27 bits per heavy atom. The molecule has 11 heavy (non-hydrogen) atoms. The van der Waals surface area contributed by atoms with Crippen LogP contribution in [0.5, 0.6) is 0 Å². The van der Waals surface area contributed by atoms with Crippen LogP contribution in [0.1, 0.15) is 0 Å². The number of benzene rings is 1. The van der Waals surface area contributed by atoms with Crippen molar-refractivity contribution in [1.82, 2.24) is 0 Å². The van der Waals surface area contributed by atoms with E-state index in [0.29, 0.717) is 0 Å². The molecule has 0 saturated heterocycles. The van der Waals surface area contributed by atoms with Gasteiger partial charge in [-0.3, -0.25) is 4.21 Å². The molecule has 0 aromatic heterocycles. The van der Waals surface area contributed by atoms with Gasteiger partial charge in [0.25, 0.3) is 0 Å². The van der Waals surface area contributed by atoms with Gasteiger partial charge < -0.3 is 0 Å². The van der Waals surface area contributed by atoms with Crippen LogP contribution < -0.4 is 0 Å². The fourth-order valence-corrected chi connectivity index (χ4v) is 1.88. The molecule has 0 aliphatic heterocycles. The summed E-state index contributed by atoms with van der Waals surface area (Å²) in [6.45, 7) is 0. The maximum Gasteiger partial charge on any atom is 0.0518 e. The summed E-state index contributed by atoms with van der Waals surface area (Å²) >= 11 is 4.14. The smallest absolute Gasteiger partial charge is 0.0518 e. The van der Waals surface area contributed by atoms with Crippen LogP contribution in [0.3, 0.4) is 0 Å². The molecule has 55 valence electrons. The molecule has 1 unspecified atom stereocenters. The van der Waals surface area contributed by atoms with E-state index in [9.17, 15) is 4.21 Å². The molecule has 0 aliphatic carbocycles. The largest absolute Gasteiger partial charge is 0.255 e. The van der Waals surface area contributed by atoms with Crippen LogP contribution in [-0.4, -0.2) is 40.0 Å². The number of rotatable bonds is 1. The van der Waals surface area contributed by atoms with E-state index in [1.807, 2.05) is 24.3 Å². The van der Waals surface area contributed by atoms with Gasteiger partial charge in [0.2, 0.25) is 0 Å². The van der Waals surface area contributed by atoms with E-state index in [4.69, 9.17) is 0 Å². The molecule has 0 spiro atoms. The van der Waals surface area contributed by atoms with Gasteiger partial charge in [-0.05, 0) is 12.1 Å². The fraction of sp³-hybridized carbons (Fsp3) is 0.143. The predicted molar refractivity (Wildman–Crippen MR) is 51.8 cm³/mol. The van der Waals surface area contributed by atoms with Gasteiger partial charge >= 0.3 is 0 Å². The van der Waals surface area contributed by atoms with E-state index in [2.05, 4.69) is 12.6 Å². The van der Waals surface area contributed by atoms with Crippen LogP contribution in [0.4, 0.5) is 0 Å². The van der Waals surface area contributed by atoms with Crippen LogP contribution in [0.2, 0.25) is 0 Å². The summed E-state index contributed by atoms with van der Waals surface area (Å²) in [5.41, 5.74) is 0. The van der Waals surface area contributed by atoms with E-state index < -0.39 is 10.8 Å². The van der Waals surface area contributed by atoms with Gasteiger partial charge in [0.05, 0.1) is 15.7 Å². The first-order chi connectivity index (χ1) is 4.72. The molecule has 0 saturated carbocycles. The van der Waals surface area contributed by atoms with Gasteiger partial charge in [-0.25, -0.2) is 0 Å². The molecule has 1 radical (unpaired) electrons. The third-order valence-corrected chi connectivity index (χ3v) is 2.69. The van der Waals surface area contributed by atoms with Crippen molar-refractivity contribution in [2.24, 2.45) is 0 Å². The Kier molecular flexibility index (Phi) is 5.73. The first kappa shape index (κ1) is 11.7. The predicted octanol–water partition coefficient (Wildman–Crippen LogP) is 1.33. The second kappa shape index (κ2) is 5.38. The van der Waals surface area contributed by atoms with E-state index in [1.165, 1.54) is 0 Å². The van der Waals surface area contributed by atoms with Crippen LogP contribution in [-0.2, 0) is 10.8 Å². The quantitative estimate of drug-likeness (QED) is 0.528. The van der Waals surface area contributed by atoms with Crippen molar-refractivity contribution in [2.75, 3.05) is 6.26 Å². The molecule has 0 amide bonds. The zero-order valence-corrected chi connectivity index (χ0v) is 10.3. The molecule has 1 atom stereocenters. The average Bonchev–Trinajstić information content (AvgIpc) is 1.88. The van der Waals surface area contributed by atoms with Crippen molar-refractivity contribution < 1.29 is 4.21 Å². The maximum atomic E-state index is 10.9. The minimum absolute atomic E-state index is 0. The van der Waals surface area contributed by atoms with Gasteiger partial charge in [-0.1, -0.05) is 12.1 Å². The summed E-state index contributed by atoms with van der Waals surface area (Å²) in [4.78, 5) is 1.59. The second-order valence-electron chi connectivity index (χ2n) is 1.92. The molecular formula is C7H8NaOS2. The van der Waals surface area contributed by atoms with Crippen molar-refractivity contribution in [3.05, 3.63) is 24.3 Å². The van der Waals surface area contributed by atoms with E-state index in [0.717, 1.165) is 9.79 Å². The first-order valence-electron chi connectivity index (χ1n) is 2.83. The van der Waals surface area contributed by atoms with Crippen LogP contribution >= 0.6 is 12.6 Å². The van der Waals surface area contributed by atoms with Gasteiger partial charge in [-0.15, -0.1) is 12.6 Å². The topological polar surface area (TPSA) is 17.1 Å². The normalized spacial score (nSPS) is 11.8. The Balaban J connectivity index is 0.000001000. The summed E-state index contributed by atoms with van der Waals surface area (Å²) in [5.74, 6) is 0. The molecule has 1 aromatic rings. The van der Waals surface area contributed by atoms with E-state index in [-0.39, 0.29) is 29.6 Å². The van der Waals surface area contributed by atoms with Gasteiger partial charge in [-0.2, -0.15) is 0 Å². The summed E-state index contributed by atoms with van der Waals surface area (Å²) < 4.78 is 10.9. The second-order valence-corrected chi connectivity index (χ2v) is 3.75. The number of thiol groups is 1. The molecule has 0 fully saturated rings. The Morgan fingerprint density at radius 1 is 1.36 bits per heavy atom. The summed E-state index contributed by atoms with van der Waals surface area (Å²) in [6, 6.07) is 7.38. The summed E-state index contributed by atoms with van der Waals surface area (Å²) in [7, 11) is -0.917. The summed E-state index contributed by atoms with van der Waals surface area (Å²) in [6.07, 6.45) is 1.65. The minimum atomic E-state index is -0.917. The van der Waals surface area contributed by atoms with Gasteiger partial charge in [0, 0.05) is 40.7 Å². The molecule has 1 nitrogen and oxygen atoms in total. The minimum Gasteiger partial charge on any atom is -0.255 e. The van der Waals surface area contributed by atoms with Crippen molar-refractivity contribution in [3.8, 4) is 0 Å². The fourth-order valence-electron chi connectivity index (χ4n) is 0.700. The monoisotopic (exact) mass is 195 g/mol. The van der Waals surface area contributed by atoms with Gasteiger partial charge in [0.15, 0.2) is 0 Å². The molecule has 0 aliphatic rings.